The number of hydrogen-bond acceptors (Lipinski definition) is 5. The summed E-state index contributed by atoms with van der Waals surface area (Å²) in [5, 5.41) is 3.28. The van der Waals surface area contributed by atoms with Crippen LogP contribution >= 0.6 is 12.4 Å². The van der Waals surface area contributed by atoms with Gasteiger partial charge in [-0.05, 0) is 7.05 Å². The van der Waals surface area contributed by atoms with Crippen LogP contribution in [-0.4, -0.2) is 52.4 Å². The molecule has 1 aromatic rings. The van der Waals surface area contributed by atoms with Crippen LogP contribution in [0, 0.1) is 0 Å². The molecule has 1 saturated heterocycles. The summed E-state index contributed by atoms with van der Waals surface area (Å²) < 4.78 is 16.2. The number of hydrogen-bond donors (Lipinski definition) is 1. The Labute approximate surface area is 126 Å². The van der Waals surface area contributed by atoms with Crippen LogP contribution in [0.15, 0.2) is 12.1 Å². The van der Waals surface area contributed by atoms with Gasteiger partial charge in [0.05, 0.1) is 26.9 Å². The van der Waals surface area contributed by atoms with E-state index in [1.165, 1.54) is 0 Å². The van der Waals surface area contributed by atoms with E-state index in [2.05, 4.69) is 17.3 Å². The highest BCUT2D eigenvalue weighted by molar-refractivity contribution is 5.85. The molecule has 6 heteroatoms. The van der Waals surface area contributed by atoms with Crippen LogP contribution in [-0.2, 0) is 6.54 Å². The maximum atomic E-state index is 5.46. The average molecular weight is 303 g/mol. The molecule has 0 saturated carbocycles. The second-order valence-corrected chi connectivity index (χ2v) is 4.74. The van der Waals surface area contributed by atoms with Gasteiger partial charge in [0, 0.05) is 37.8 Å². The largest absolute Gasteiger partial charge is 0.496 e. The molecule has 0 unspecified atom stereocenters. The zero-order chi connectivity index (χ0) is 13.8. The third kappa shape index (κ3) is 3.48. The van der Waals surface area contributed by atoms with Crippen molar-refractivity contribution in [2.75, 3.05) is 41.5 Å². The first kappa shape index (κ1) is 16.9. The van der Waals surface area contributed by atoms with Gasteiger partial charge in [0.2, 0.25) is 0 Å². The maximum absolute atomic E-state index is 5.46. The van der Waals surface area contributed by atoms with Crippen molar-refractivity contribution in [2.45, 2.75) is 12.6 Å². The molecule has 1 fully saturated rings. The molecule has 0 bridgehead atoms. The van der Waals surface area contributed by atoms with E-state index in [0.717, 1.165) is 42.4 Å². The number of methoxy groups -OCH3 is 3. The fourth-order valence-electron chi connectivity index (χ4n) is 2.20. The molecule has 1 aromatic carbocycles. The molecule has 1 aliphatic rings. The minimum Gasteiger partial charge on any atom is -0.496 e. The highest BCUT2D eigenvalue weighted by Crippen LogP contribution is 2.35. The van der Waals surface area contributed by atoms with Gasteiger partial charge >= 0.3 is 0 Å². The Hall–Kier alpha value is -1.17. The monoisotopic (exact) mass is 302 g/mol. The molecule has 0 spiro atoms. The molecule has 2 rings (SSSR count). The van der Waals surface area contributed by atoms with Crippen LogP contribution in [0.5, 0.6) is 17.2 Å². The van der Waals surface area contributed by atoms with E-state index in [4.69, 9.17) is 14.2 Å². The normalized spacial score (nSPS) is 14.4. The lowest BCUT2D eigenvalue weighted by Gasteiger charge is -2.36. The van der Waals surface area contributed by atoms with E-state index >= 15 is 0 Å². The lowest BCUT2D eigenvalue weighted by Crippen LogP contribution is -2.55. The third-order valence-corrected chi connectivity index (χ3v) is 3.61. The Balaban J connectivity index is 0.00000200. The summed E-state index contributed by atoms with van der Waals surface area (Å²) in [4.78, 5) is 2.31. The second kappa shape index (κ2) is 7.57. The van der Waals surface area contributed by atoms with Crippen LogP contribution in [0.1, 0.15) is 5.56 Å². The zero-order valence-corrected chi connectivity index (χ0v) is 13.3. The fraction of sp³-hybridized carbons (Fsp3) is 0.571. The van der Waals surface area contributed by atoms with Crippen LogP contribution < -0.4 is 19.5 Å². The fourth-order valence-corrected chi connectivity index (χ4v) is 2.20. The average Bonchev–Trinajstić information content (AvgIpc) is 2.36. The molecule has 114 valence electrons. The van der Waals surface area contributed by atoms with E-state index in [0.29, 0.717) is 6.04 Å². The van der Waals surface area contributed by atoms with Gasteiger partial charge in [0.1, 0.15) is 17.2 Å². The van der Waals surface area contributed by atoms with Gasteiger partial charge in [-0.25, -0.2) is 0 Å². The first-order chi connectivity index (χ1) is 9.19. The molecule has 1 N–H and O–H groups in total. The summed E-state index contributed by atoms with van der Waals surface area (Å²) in [5.41, 5.74) is 1.06. The Morgan fingerprint density at radius 3 is 2.00 bits per heavy atom. The van der Waals surface area contributed by atoms with Crippen molar-refractivity contribution in [1.29, 1.82) is 0 Å². The van der Waals surface area contributed by atoms with E-state index in [1.54, 1.807) is 21.3 Å². The van der Waals surface area contributed by atoms with Crippen molar-refractivity contribution in [3.8, 4) is 17.2 Å². The second-order valence-electron chi connectivity index (χ2n) is 4.74. The number of benzene rings is 1. The van der Waals surface area contributed by atoms with Crippen molar-refractivity contribution in [2.24, 2.45) is 0 Å². The summed E-state index contributed by atoms with van der Waals surface area (Å²) in [6, 6.07) is 4.37. The highest BCUT2D eigenvalue weighted by atomic mass is 35.5. The van der Waals surface area contributed by atoms with Crippen molar-refractivity contribution < 1.29 is 14.2 Å². The number of rotatable bonds is 6. The molecule has 0 atom stereocenters. The Bertz CT molecular complexity index is 413. The first-order valence-corrected chi connectivity index (χ1v) is 6.39. The zero-order valence-electron chi connectivity index (χ0n) is 12.4. The molecular weight excluding hydrogens is 280 g/mol. The molecule has 0 radical (unpaired) electrons. The van der Waals surface area contributed by atoms with E-state index in [-0.39, 0.29) is 12.4 Å². The smallest absolute Gasteiger partial charge is 0.130 e. The highest BCUT2D eigenvalue weighted by Gasteiger charge is 2.24. The summed E-state index contributed by atoms with van der Waals surface area (Å²) in [7, 11) is 7.10. The maximum Gasteiger partial charge on any atom is 0.130 e. The Kier molecular flexibility index (Phi) is 6.39. The molecule has 0 aliphatic carbocycles. The van der Waals surface area contributed by atoms with Gasteiger partial charge in [0.25, 0.3) is 0 Å². The predicted molar refractivity (Wildman–Crippen MR) is 81.5 cm³/mol. The van der Waals surface area contributed by atoms with Crippen molar-refractivity contribution in [1.82, 2.24) is 10.2 Å². The van der Waals surface area contributed by atoms with Crippen molar-refractivity contribution in [3.05, 3.63) is 17.7 Å². The first-order valence-electron chi connectivity index (χ1n) is 6.39. The molecule has 0 amide bonds. The lowest BCUT2D eigenvalue weighted by atomic mass is 10.1. The van der Waals surface area contributed by atoms with E-state index in [9.17, 15) is 0 Å². The summed E-state index contributed by atoms with van der Waals surface area (Å²) in [6.45, 7) is 2.87. The topological polar surface area (TPSA) is 43.0 Å². The van der Waals surface area contributed by atoms with E-state index in [1.807, 2.05) is 12.1 Å². The standard InChI is InChI=1S/C14H22N2O3.ClH/c1-16(10-7-15-8-10)9-12-13(18-3)5-11(17-2)6-14(12)19-4;/h5-6,10,15H,7-9H2,1-4H3;1H. The number of ether oxygens (including phenoxy) is 3. The number of halogens is 1. The minimum atomic E-state index is 0. The lowest BCUT2D eigenvalue weighted by molar-refractivity contribution is 0.169. The summed E-state index contributed by atoms with van der Waals surface area (Å²) in [6.07, 6.45) is 0. The molecular formula is C14H23ClN2O3. The van der Waals surface area contributed by atoms with Gasteiger partial charge in [-0.15, -0.1) is 12.4 Å². The third-order valence-electron chi connectivity index (χ3n) is 3.61. The minimum absolute atomic E-state index is 0. The van der Waals surface area contributed by atoms with Crippen molar-refractivity contribution in [3.63, 3.8) is 0 Å². The Morgan fingerprint density at radius 1 is 1.10 bits per heavy atom. The molecule has 1 aliphatic heterocycles. The summed E-state index contributed by atoms with van der Waals surface area (Å²) >= 11 is 0. The number of nitrogens with zero attached hydrogens (tertiary/aromatic N) is 1. The van der Waals surface area contributed by atoms with Crippen LogP contribution in [0.4, 0.5) is 0 Å². The number of likely N-dealkylation sites (N-methyl/N-ethyl adjacent to an activating group) is 1. The van der Waals surface area contributed by atoms with Crippen molar-refractivity contribution >= 4 is 12.4 Å². The quantitative estimate of drug-likeness (QED) is 0.863. The molecule has 1 heterocycles. The Morgan fingerprint density at radius 2 is 1.65 bits per heavy atom. The molecule has 5 nitrogen and oxygen atoms in total. The SMILES string of the molecule is COc1cc(OC)c(CN(C)C2CNC2)c(OC)c1.Cl. The molecule has 0 aromatic heterocycles. The molecule has 20 heavy (non-hydrogen) atoms. The van der Waals surface area contributed by atoms with Gasteiger partial charge in [-0.3, -0.25) is 4.90 Å². The van der Waals surface area contributed by atoms with Gasteiger partial charge in [-0.1, -0.05) is 0 Å². The van der Waals surface area contributed by atoms with Gasteiger partial charge < -0.3 is 19.5 Å². The predicted octanol–water partition coefficient (Wildman–Crippen LogP) is 1.54. The van der Waals surface area contributed by atoms with E-state index < -0.39 is 0 Å². The summed E-state index contributed by atoms with van der Waals surface area (Å²) in [5.74, 6) is 2.34. The van der Waals surface area contributed by atoms with Crippen LogP contribution in [0.25, 0.3) is 0 Å². The van der Waals surface area contributed by atoms with Crippen LogP contribution in [0.3, 0.4) is 0 Å². The number of nitrogens with one attached hydrogen (secondary N) is 1. The van der Waals surface area contributed by atoms with Crippen LogP contribution in [0.2, 0.25) is 0 Å². The van der Waals surface area contributed by atoms with Gasteiger partial charge in [0.15, 0.2) is 0 Å². The van der Waals surface area contributed by atoms with Gasteiger partial charge in [-0.2, -0.15) is 0 Å².